The van der Waals surface area contributed by atoms with Crippen LogP contribution in [0.1, 0.15) is 51.5 Å². The molecule has 3 nitrogen and oxygen atoms in total. The molecule has 1 unspecified atom stereocenters. The van der Waals surface area contributed by atoms with Crippen LogP contribution in [0.2, 0.25) is 5.02 Å². The maximum Gasteiger partial charge on any atom is 0.330 e. The fourth-order valence-corrected chi connectivity index (χ4v) is 3.24. The second kappa shape index (κ2) is 7.28. The minimum absolute atomic E-state index is 0.193. The van der Waals surface area contributed by atoms with E-state index in [1.165, 1.54) is 12.8 Å². The Morgan fingerprint density at radius 3 is 2.43 bits per heavy atom. The van der Waals surface area contributed by atoms with Crippen molar-refractivity contribution < 1.29 is 9.53 Å². The van der Waals surface area contributed by atoms with Crippen molar-refractivity contribution in [3.05, 3.63) is 34.9 Å². The largest absolute Gasteiger partial charge is 0.464 e. The van der Waals surface area contributed by atoms with E-state index < -0.39 is 5.54 Å². The van der Waals surface area contributed by atoms with Crippen LogP contribution in [-0.2, 0) is 15.1 Å². The number of benzene rings is 1. The van der Waals surface area contributed by atoms with Crippen LogP contribution in [-0.4, -0.2) is 18.6 Å². The highest BCUT2D eigenvalue weighted by Crippen LogP contribution is 2.31. The molecule has 1 saturated carbocycles. The van der Waals surface area contributed by atoms with E-state index >= 15 is 0 Å². The van der Waals surface area contributed by atoms with E-state index in [-0.39, 0.29) is 5.97 Å². The molecule has 4 heteroatoms. The fourth-order valence-electron chi connectivity index (χ4n) is 3.12. The molecule has 1 aromatic rings. The molecule has 0 amide bonds. The van der Waals surface area contributed by atoms with Crippen LogP contribution in [0.15, 0.2) is 24.3 Å². The van der Waals surface area contributed by atoms with E-state index in [9.17, 15) is 4.79 Å². The fraction of sp³-hybridized carbons (Fsp3) is 0.588. The van der Waals surface area contributed by atoms with E-state index in [1.807, 2.05) is 38.1 Å². The first kappa shape index (κ1) is 16.3. The van der Waals surface area contributed by atoms with Gasteiger partial charge in [-0.15, -0.1) is 0 Å². The molecule has 0 aliphatic heterocycles. The number of halogens is 1. The molecular weight excluding hydrogens is 286 g/mol. The molecule has 0 bridgehead atoms. The Bertz CT molecular complexity index is 468. The summed E-state index contributed by atoms with van der Waals surface area (Å²) >= 11 is 5.98. The lowest BCUT2D eigenvalue weighted by Crippen LogP contribution is -2.53. The van der Waals surface area contributed by atoms with Gasteiger partial charge < -0.3 is 4.74 Å². The van der Waals surface area contributed by atoms with Gasteiger partial charge in [0.25, 0.3) is 0 Å². The third kappa shape index (κ3) is 3.58. The van der Waals surface area contributed by atoms with Gasteiger partial charge in [0, 0.05) is 11.1 Å². The van der Waals surface area contributed by atoms with Crippen molar-refractivity contribution >= 4 is 17.6 Å². The number of hydrogen-bond donors (Lipinski definition) is 1. The van der Waals surface area contributed by atoms with Crippen LogP contribution in [0.5, 0.6) is 0 Å². The molecule has 1 fully saturated rings. The zero-order chi connectivity index (χ0) is 15.3. The molecule has 0 radical (unpaired) electrons. The summed E-state index contributed by atoms with van der Waals surface area (Å²) in [5, 5.41) is 4.26. The molecule has 1 N–H and O–H groups in total. The van der Waals surface area contributed by atoms with Gasteiger partial charge in [-0.2, -0.15) is 0 Å². The molecule has 0 aromatic heterocycles. The van der Waals surface area contributed by atoms with Crippen molar-refractivity contribution in [2.45, 2.75) is 57.5 Å². The van der Waals surface area contributed by atoms with Gasteiger partial charge in [0.15, 0.2) is 0 Å². The summed E-state index contributed by atoms with van der Waals surface area (Å²) in [5.74, 6) is -0.193. The van der Waals surface area contributed by atoms with Crippen molar-refractivity contribution in [2.75, 3.05) is 6.61 Å². The average Bonchev–Trinajstić information content (AvgIpc) is 2.99. The van der Waals surface area contributed by atoms with Crippen LogP contribution in [0.25, 0.3) is 0 Å². The number of ether oxygens (including phenoxy) is 1. The van der Waals surface area contributed by atoms with E-state index in [4.69, 9.17) is 16.3 Å². The zero-order valence-electron chi connectivity index (χ0n) is 12.8. The number of carbonyl (C=O) groups is 1. The molecule has 2 rings (SSSR count). The lowest BCUT2D eigenvalue weighted by Gasteiger charge is -2.35. The first-order chi connectivity index (χ1) is 10.1. The summed E-state index contributed by atoms with van der Waals surface area (Å²) in [6.45, 7) is 4.25. The molecule has 0 spiro atoms. The second-order valence-corrected chi connectivity index (χ2v) is 6.05. The lowest BCUT2D eigenvalue weighted by atomic mass is 9.86. The van der Waals surface area contributed by atoms with Gasteiger partial charge in [-0.05, 0) is 43.9 Å². The van der Waals surface area contributed by atoms with Crippen molar-refractivity contribution in [1.29, 1.82) is 0 Å². The van der Waals surface area contributed by atoms with Gasteiger partial charge in [0.1, 0.15) is 5.54 Å². The van der Waals surface area contributed by atoms with Crippen LogP contribution in [0, 0.1) is 0 Å². The molecule has 1 aliphatic rings. The monoisotopic (exact) mass is 309 g/mol. The van der Waals surface area contributed by atoms with Crippen molar-refractivity contribution in [1.82, 2.24) is 5.32 Å². The molecule has 0 heterocycles. The highest BCUT2D eigenvalue weighted by Gasteiger charge is 2.42. The molecular formula is C17H24ClNO2. The second-order valence-electron chi connectivity index (χ2n) is 5.61. The number of carbonyl (C=O) groups excluding carboxylic acids is 1. The summed E-state index contributed by atoms with van der Waals surface area (Å²) in [5.41, 5.74) is 0.162. The van der Waals surface area contributed by atoms with E-state index in [0.717, 1.165) is 18.4 Å². The predicted octanol–water partition coefficient (Wildman–Crippen LogP) is 4.04. The predicted molar refractivity (Wildman–Crippen MR) is 85.4 cm³/mol. The highest BCUT2D eigenvalue weighted by atomic mass is 35.5. The number of rotatable bonds is 6. The smallest absolute Gasteiger partial charge is 0.330 e. The Kier molecular flexibility index (Phi) is 5.65. The molecule has 0 saturated heterocycles. The number of hydrogen-bond acceptors (Lipinski definition) is 3. The minimum Gasteiger partial charge on any atom is -0.464 e. The third-order valence-corrected chi connectivity index (χ3v) is 4.55. The average molecular weight is 310 g/mol. The summed E-state index contributed by atoms with van der Waals surface area (Å²) < 4.78 is 5.36. The van der Waals surface area contributed by atoms with Crippen LogP contribution in [0.3, 0.4) is 0 Å². The summed E-state index contributed by atoms with van der Waals surface area (Å²) in [6.07, 6.45) is 5.34. The molecule has 1 aromatic carbocycles. The Morgan fingerprint density at radius 2 is 1.90 bits per heavy atom. The van der Waals surface area contributed by atoms with Crippen molar-refractivity contribution in [3.8, 4) is 0 Å². The zero-order valence-corrected chi connectivity index (χ0v) is 13.6. The number of nitrogens with one attached hydrogen (secondary N) is 1. The van der Waals surface area contributed by atoms with Gasteiger partial charge >= 0.3 is 5.97 Å². The van der Waals surface area contributed by atoms with Crippen LogP contribution < -0.4 is 5.32 Å². The summed E-state index contributed by atoms with van der Waals surface area (Å²) in [7, 11) is 0. The van der Waals surface area contributed by atoms with Gasteiger partial charge in [0.05, 0.1) is 6.61 Å². The van der Waals surface area contributed by atoms with E-state index in [1.54, 1.807) is 0 Å². The van der Waals surface area contributed by atoms with E-state index in [2.05, 4.69) is 5.32 Å². The van der Waals surface area contributed by atoms with Gasteiger partial charge in [-0.25, -0.2) is 4.79 Å². The van der Waals surface area contributed by atoms with Crippen molar-refractivity contribution in [3.63, 3.8) is 0 Å². The van der Waals surface area contributed by atoms with Gasteiger partial charge in [0.2, 0.25) is 0 Å². The molecule has 1 aliphatic carbocycles. The Hall–Kier alpha value is -1.06. The minimum atomic E-state index is -0.768. The normalized spacial score (nSPS) is 18.4. The first-order valence-electron chi connectivity index (χ1n) is 7.83. The van der Waals surface area contributed by atoms with Gasteiger partial charge in [-0.1, -0.05) is 43.5 Å². The summed E-state index contributed by atoms with van der Waals surface area (Å²) in [4.78, 5) is 12.7. The van der Waals surface area contributed by atoms with Crippen molar-refractivity contribution in [2.24, 2.45) is 0 Å². The SMILES string of the molecule is CCOC(=O)C(CC)(NC1CCCC1)c1ccc(Cl)cc1. The molecule has 21 heavy (non-hydrogen) atoms. The maximum absolute atomic E-state index is 12.7. The Balaban J connectivity index is 2.34. The maximum atomic E-state index is 12.7. The first-order valence-corrected chi connectivity index (χ1v) is 8.21. The summed E-state index contributed by atoms with van der Waals surface area (Å²) in [6, 6.07) is 7.88. The highest BCUT2D eigenvalue weighted by molar-refractivity contribution is 6.30. The molecule has 1 atom stereocenters. The Labute approximate surface area is 132 Å². The number of esters is 1. The van der Waals surface area contributed by atoms with Gasteiger partial charge in [-0.3, -0.25) is 5.32 Å². The standard InChI is InChI=1S/C17H24ClNO2/c1-3-17(16(20)21-4-2,19-15-7-5-6-8-15)13-9-11-14(18)12-10-13/h9-12,15,19H,3-8H2,1-2H3. The third-order valence-electron chi connectivity index (χ3n) is 4.30. The Morgan fingerprint density at radius 1 is 1.29 bits per heavy atom. The van der Waals surface area contributed by atoms with Crippen LogP contribution in [0.4, 0.5) is 0 Å². The van der Waals surface area contributed by atoms with E-state index in [0.29, 0.717) is 24.1 Å². The quantitative estimate of drug-likeness (QED) is 0.806. The topological polar surface area (TPSA) is 38.3 Å². The molecule has 116 valence electrons. The van der Waals surface area contributed by atoms with Crippen LogP contribution >= 0.6 is 11.6 Å². The lowest BCUT2D eigenvalue weighted by molar-refractivity contribution is -0.152.